The number of hydrogen-bond acceptors (Lipinski definition) is 2. The molecule has 11 heavy (non-hydrogen) atoms. The van der Waals surface area contributed by atoms with Crippen LogP contribution in [0.15, 0.2) is 22.9 Å². The van der Waals surface area contributed by atoms with E-state index in [9.17, 15) is 0 Å². The summed E-state index contributed by atoms with van der Waals surface area (Å²) in [7, 11) is 0. The molecule has 0 bridgehead atoms. The Bertz CT molecular complexity index is 434. The summed E-state index contributed by atoms with van der Waals surface area (Å²) < 4.78 is 55.9. The predicted molar refractivity (Wildman–Crippen MR) is 47.7 cm³/mol. The van der Waals surface area contributed by atoms with Gasteiger partial charge in [0.05, 0.1) is 9.30 Å². The third-order valence-electron chi connectivity index (χ3n) is 0.918. The Hall–Kier alpha value is -0.570. The molecule has 1 aromatic rings. The maximum atomic E-state index is 7.47. The van der Waals surface area contributed by atoms with Gasteiger partial charge in [-0.25, -0.2) is 4.98 Å². The molecule has 1 rings (SSSR count). The van der Waals surface area contributed by atoms with E-state index < -0.39 is 19.8 Å². The normalized spacial score (nSPS) is 22.8. The van der Waals surface area contributed by atoms with E-state index in [2.05, 4.69) is 20.9 Å². The lowest BCUT2D eigenvalue weighted by molar-refractivity contribution is 0.317. The first kappa shape index (κ1) is 3.05. The molecule has 0 aliphatic rings. The lowest BCUT2D eigenvalue weighted by atomic mass is 10.4. The molecule has 0 aliphatic carbocycles. The van der Waals surface area contributed by atoms with E-state index in [0.29, 0.717) is 4.60 Å². The topological polar surface area (TPSA) is 22.1 Å². The maximum absolute atomic E-state index is 7.47. The molecule has 0 saturated heterocycles. The van der Waals surface area contributed by atoms with Crippen LogP contribution >= 0.6 is 15.9 Å². The van der Waals surface area contributed by atoms with Gasteiger partial charge >= 0.3 is 0 Å². The quantitative estimate of drug-likeness (QED) is 0.735. The molecule has 0 atom stereocenters. The minimum atomic E-state index is -3.14. The van der Waals surface area contributed by atoms with Crippen molar-refractivity contribution < 1.29 is 14.3 Å². The first-order valence-corrected chi connectivity index (χ1v) is 3.57. The molecular weight excluding hydrogens is 206 g/mol. The standard InChI is InChI=1S/C8H10BrNO/c1-2-5-11-7-3-4-10-8(9)6-7/h3-4,6H,2,5H2,1H3/i1D3,2D2,5D2. The summed E-state index contributed by atoms with van der Waals surface area (Å²) in [6.45, 7) is -6.14. The molecule has 0 unspecified atom stereocenters. The average molecular weight is 223 g/mol. The highest BCUT2D eigenvalue weighted by Gasteiger charge is 1.92. The highest BCUT2D eigenvalue weighted by atomic mass is 79.9. The number of pyridine rings is 1. The molecule has 0 aliphatic heterocycles. The van der Waals surface area contributed by atoms with Gasteiger partial charge in [0, 0.05) is 19.1 Å². The number of halogens is 1. The zero-order valence-corrected chi connectivity index (χ0v) is 7.05. The maximum Gasteiger partial charge on any atom is 0.123 e. The van der Waals surface area contributed by atoms with Crippen LogP contribution in [-0.4, -0.2) is 11.5 Å². The van der Waals surface area contributed by atoms with E-state index in [0.717, 1.165) is 0 Å². The summed E-state index contributed by atoms with van der Waals surface area (Å²) in [4.78, 5) is 3.79. The van der Waals surface area contributed by atoms with E-state index in [1.165, 1.54) is 18.3 Å². The Morgan fingerprint density at radius 3 is 3.55 bits per heavy atom. The fourth-order valence-corrected chi connectivity index (χ4v) is 0.876. The van der Waals surface area contributed by atoms with Crippen molar-refractivity contribution in [1.82, 2.24) is 4.98 Å². The van der Waals surface area contributed by atoms with Crippen molar-refractivity contribution in [3.05, 3.63) is 22.9 Å². The van der Waals surface area contributed by atoms with Crippen molar-refractivity contribution in [3.8, 4) is 5.75 Å². The van der Waals surface area contributed by atoms with Crippen molar-refractivity contribution >= 4 is 15.9 Å². The van der Waals surface area contributed by atoms with Crippen LogP contribution in [0.5, 0.6) is 5.75 Å². The number of ether oxygens (including phenoxy) is 1. The molecule has 0 aromatic carbocycles. The number of aromatic nitrogens is 1. The van der Waals surface area contributed by atoms with Gasteiger partial charge in [-0.3, -0.25) is 0 Å². The second-order valence-electron chi connectivity index (χ2n) is 1.64. The van der Waals surface area contributed by atoms with Gasteiger partial charge in [0.2, 0.25) is 0 Å². The number of hydrogen-bond donors (Lipinski definition) is 0. The van der Waals surface area contributed by atoms with Gasteiger partial charge in [-0.2, -0.15) is 0 Å². The Morgan fingerprint density at radius 2 is 2.82 bits per heavy atom. The molecule has 3 heteroatoms. The third-order valence-corrected chi connectivity index (χ3v) is 1.35. The number of rotatable bonds is 3. The molecule has 1 aromatic heterocycles. The Kier molecular flexibility index (Phi) is 1.20. The van der Waals surface area contributed by atoms with Crippen LogP contribution in [0.4, 0.5) is 0 Å². The van der Waals surface area contributed by atoms with Gasteiger partial charge in [0.25, 0.3) is 0 Å². The largest absolute Gasteiger partial charge is 0.493 e. The molecular formula is C8H10BrNO. The molecule has 0 amide bonds. The van der Waals surface area contributed by atoms with Crippen LogP contribution in [0.2, 0.25) is 0 Å². The Balaban J connectivity index is 3.01. The van der Waals surface area contributed by atoms with Crippen LogP contribution in [0.3, 0.4) is 0 Å². The van der Waals surface area contributed by atoms with Crippen molar-refractivity contribution in [2.24, 2.45) is 0 Å². The minimum absolute atomic E-state index is 0.0185. The molecule has 60 valence electrons. The van der Waals surface area contributed by atoms with Crippen molar-refractivity contribution in [2.45, 2.75) is 13.2 Å². The van der Waals surface area contributed by atoms with Gasteiger partial charge in [0.15, 0.2) is 0 Å². The lowest BCUT2D eigenvalue weighted by Gasteiger charge is -2.02. The van der Waals surface area contributed by atoms with Gasteiger partial charge in [0.1, 0.15) is 10.4 Å². The first-order chi connectivity index (χ1) is 7.97. The van der Waals surface area contributed by atoms with Crippen LogP contribution in [0.25, 0.3) is 0 Å². The van der Waals surface area contributed by atoms with Gasteiger partial charge < -0.3 is 4.74 Å². The lowest BCUT2D eigenvalue weighted by Crippen LogP contribution is -1.94. The molecule has 0 N–H and O–H groups in total. The number of nitrogens with zero attached hydrogens (tertiary/aromatic N) is 1. The summed E-state index contributed by atoms with van der Waals surface area (Å²) in [5, 5.41) is 0. The van der Waals surface area contributed by atoms with Gasteiger partial charge in [-0.15, -0.1) is 0 Å². The first-order valence-electron chi connectivity index (χ1n) is 6.28. The summed E-state index contributed by atoms with van der Waals surface area (Å²) in [6, 6.07) is 2.62. The van der Waals surface area contributed by atoms with E-state index in [1.807, 2.05) is 0 Å². The zero-order valence-electron chi connectivity index (χ0n) is 12.5. The second-order valence-corrected chi connectivity index (χ2v) is 2.46. The average Bonchev–Trinajstić information content (AvgIpc) is 2.14. The fraction of sp³-hybridized carbons (Fsp3) is 0.375. The summed E-state index contributed by atoms with van der Waals surface area (Å²) in [5.74, 6) is -0.0185. The molecule has 0 fully saturated rings. The van der Waals surface area contributed by atoms with Crippen LogP contribution < -0.4 is 4.74 Å². The van der Waals surface area contributed by atoms with Crippen molar-refractivity contribution in [1.29, 1.82) is 0 Å². The Labute approximate surface area is 84.6 Å². The predicted octanol–water partition coefficient (Wildman–Crippen LogP) is 2.63. The molecule has 0 spiro atoms. The van der Waals surface area contributed by atoms with Crippen molar-refractivity contribution in [2.75, 3.05) is 6.56 Å². The minimum Gasteiger partial charge on any atom is -0.493 e. The van der Waals surface area contributed by atoms with Crippen LogP contribution in [0.1, 0.15) is 22.8 Å². The summed E-state index contributed by atoms with van der Waals surface area (Å²) in [5.41, 5.74) is 0. The van der Waals surface area contributed by atoms with Crippen LogP contribution in [-0.2, 0) is 0 Å². The molecule has 0 radical (unpaired) electrons. The fourth-order valence-electron chi connectivity index (χ4n) is 0.533. The highest BCUT2D eigenvalue weighted by molar-refractivity contribution is 9.10. The van der Waals surface area contributed by atoms with E-state index in [4.69, 9.17) is 14.3 Å². The van der Waals surface area contributed by atoms with E-state index in [1.54, 1.807) is 0 Å². The summed E-state index contributed by atoms with van der Waals surface area (Å²) in [6.07, 6.45) is -1.82. The molecule has 2 nitrogen and oxygen atoms in total. The Morgan fingerprint density at radius 1 is 1.91 bits per heavy atom. The zero-order chi connectivity index (χ0) is 14.2. The van der Waals surface area contributed by atoms with E-state index in [-0.39, 0.29) is 5.75 Å². The molecule has 0 saturated carbocycles. The molecule has 1 heterocycles. The summed E-state index contributed by atoms with van der Waals surface area (Å²) >= 11 is 3.04. The SMILES string of the molecule is [2H]C([2H])([2H])C([2H])([2H])C([2H])([2H])Oc1ccnc(Br)c1. The van der Waals surface area contributed by atoms with Gasteiger partial charge in [-0.05, 0) is 28.4 Å². The van der Waals surface area contributed by atoms with Crippen molar-refractivity contribution in [3.63, 3.8) is 0 Å². The highest BCUT2D eigenvalue weighted by Crippen LogP contribution is 2.14. The van der Waals surface area contributed by atoms with Crippen LogP contribution in [0, 0.1) is 0 Å². The monoisotopic (exact) mass is 222 g/mol. The second kappa shape index (κ2) is 4.34. The van der Waals surface area contributed by atoms with Gasteiger partial charge in [-0.1, -0.05) is 6.85 Å². The van der Waals surface area contributed by atoms with E-state index >= 15 is 0 Å². The third kappa shape index (κ3) is 2.89. The smallest absolute Gasteiger partial charge is 0.123 e.